The minimum atomic E-state index is -0.127. The molecule has 126 valence electrons. The Hall–Kier alpha value is -2.62. The molecular weight excluding hydrogens is 310 g/mol. The summed E-state index contributed by atoms with van der Waals surface area (Å²) in [5.74, 6) is 0.170. The summed E-state index contributed by atoms with van der Waals surface area (Å²) < 4.78 is 0. The number of piperidine rings is 1. The number of amides is 1. The minimum absolute atomic E-state index is 0.127. The van der Waals surface area contributed by atoms with Crippen molar-refractivity contribution in [2.75, 3.05) is 13.1 Å². The van der Waals surface area contributed by atoms with Gasteiger partial charge in [0.25, 0.3) is 0 Å². The van der Waals surface area contributed by atoms with Crippen LogP contribution in [0.3, 0.4) is 0 Å². The molecule has 0 bridgehead atoms. The molecule has 1 aromatic carbocycles. The van der Waals surface area contributed by atoms with Crippen LogP contribution in [-0.4, -0.2) is 29.4 Å². The van der Waals surface area contributed by atoms with Gasteiger partial charge in [-0.3, -0.25) is 4.79 Å². The third-order valence-corrected chi connectivity index (χ3v) is 5.89. The first kappa shape index (κ1) is 14.7. The van der Waals surface area contributed by atoms with Crippen molar-refractivity contribution in [1.29, 1.82) is 0 Å². The SMILES string of the molecule is CC(=O)N1CCC2(CC1)NC1=CC=CCC1=C1N=c3ccccc3=C12. The first-order chi connectivity index (χ1) is 12.2. The van der Waals surface area contributed by atoms with Gasteiger partial charge in [0, 0.05) is 42.1 Å². The molecule has 25 heavy (non-hydrogen) atoms. The van der Waals surface area contributed by atoms with Gasteiger partial charge >= 0.3 is 0 Å². The lowest BCUT2D eigenvalue weighted by Crippen LogP contribution is -2.57. The summed E-state index contributed by atoms with van der Waals surface area (Å²) in [6, 6.07) is 8.45. The van der Waals surface area contributed by atoms with Gasteiger partial charge in [0.2, 0.25) is 5.91 Å². The number of fused-ring (bicyclic) bond motifs is 4. The van der Waals surface area contributed by atoms with Crippen LogP contribution in [-0.2, 0) is 4.79 Å². The molecule has 1 spiro atoms. The number of hydrogen-bond acceptors (Lipinski definition) is 3. The maximum absolute atomic E-state index is 11.8. The molecule has 3 aliphatic heterocycles. The van der Waals surface area contributed by atoms with Crippen LogP contribution >= 0.6 is 0 Å². The van der Waals surface area contributed by atoms with Crippen molar-refractivity contribution in [3.63, 3.8) is 0 Å². The van der Waals surface area contributed by atoms with Crippen LogP contribution in [0, 0.1) is 0 Å². The molecule has 0 atom stereocenters. The molecule has 0 unspecified atom stereocenters. The quantitative estimate of drug-likeness (QED) is 0.784. The van der Waals surface area contributed by atoms with Gasteiger partial charge in [-0.05, 0) is 31.4 Å². The van der Waals surface area contributed by atoms with Crippen molar-refractivity contribution in [1.82, 2.24) is 10.2 Å². The zero-order chi connectivity index (χ0) is 17.0. The fraction of sp³-hybridized carbons (Fsp3) is 0.333. The number of likely N-dealkylation sites (tertiary alicyclic amines) is 1. The summed E-state index contributed by atoms with van der Waals surface area (Å²) in [6.07, 6.45) is 9.25. The highest BCUT2D eigenvalue weighted by molar-refractivity contribution is 5.80. The number of carbonyl (C=O) groups excluding carboxylic acids is 1. The van der Waals surface area contributed by atoms with E-state index in [1.165, 1.54) is 22.1 Å². The van der Waals surface area contributed by atoms with Gasteiger partial charge in [-0.15, -0.1) is 0 Å². The lowest BCUT2D eigenvalue weighted by atomic mass is 9.74. The number of nitrogens with zero attached hydrogens (tertiary/aromatic N) is 2. The second kappa shape index (κ2) is 5.19. The average molecular weight is 331 g/mol. The summed E-state index contributed by atoms with van der Waals surface area (Å²) in [6.45, 7) is 3.25. The van der Waals surface area contributed by atoms with E-state index in [2.05, 4.69) is 47.8 Å². The zero-order valence-electron chi connectivity index (χ0n) is 14.4. The molecule has 1 fully saturated rings. The molecule has 1 amide bonds. The van der Waals surface area contributed by atoms with Crippen LogP contribution in [0.15, 0.2) is 64.5 Å². The smallest absolute Gasteiger partial charge is 0.219 e. The first-order valence-corrected chi connectivity index (χ1v) is 9.01. The Balaban J connectivity index is 1.72. The van der Waals surface area contributed by atoms with Crippen LogP contribution in [0.1, 0.15) is 26.2 Å². The van der Waals surface area contributed by atoms with Crippen molar-refractivity contribution >= 4 is 11.5 Å². The third kappa shape index (κ3) is 2.06. The van der Waals surface area contributed by atoms with Gasteiger partial charge in [0.15, 0.2) is 0 Å². The topological polar surface area (TPSA) is 44.7 Å². The molecule has 1 aromatic rings. The van der Waals surface area contributed by atoms with Crippen molar-refractivity contribution in [2.24, 2.45) is 4.99 Å². The van der Waals surface area contributed by atoms with Crippen molar-refractivity contribution in [2.45, 2.75) is 31.7 Å². The molecule has 4 aliphatic rings. The van der Waals surface area contributed by atoms with E-state index in [4.69, 9.17) is 4.99 Å². The summed E-state index contributed by atoms with van der Waals surface area (Å²) in [4.78, 5) is 18.7. The average Bonchev–Trinajstić information content (AvgIpc) is 3.03. The largest absolute Gasteiger partial charge is 0.375 e. The van der Waals surface area contributed by atoms with E-state index in [1.807, 2.05) is 4.90 Å². The van der Waals surface area contributed by atoms with Crippen LogP contribution in [0.5, 0.6) is 0 Å². The molecule has 0 aromatic heterocycles. The Kier molecular flexibility index (Phi) is 3.05. The fourth-order valence-electron chi connectivity index (χ4n) is 4.59. The number of carbonyl (C=O) groups is 1. The number of benzene rings is 1. The van der Waals surface area contributed by atoms with Gasteiger partial charge in [-0.2, -0.15) is 0 Å². The van der Waals surface area contributed by atoms with Gasteiger partial charge < -0.3 is 10.2 Å². The third-order valence-electron chi connectivity index (χ3n) is 5.89. The van der Waals surface area contributed by atoms with Crippen LogP contribution in [0.25, 0.3) is 5.57 Å². The van der Waals surface area contributed by atoms with Crippen molar-refractivity contribution < 1.29 is 4.79 Å². The maximum Gasteiger partial charge on any atom is 0.219 e. The van der Waals surface area contributed by atoms with E-state index in [0.29, 0.717) is 0 Å². The van der Waals surface area contributed by atoms with Gasteiger partial charge in [-0.25, -0.2) is 4.99 Å². The minimum Gasteiger partial charge on any atom is -0.375 e. The van der Waals surface area contributed by atoms with Crippen molar-refractivity contribution in [3.05, 3.63) is 70.0 Å². The number of rotatable bonds is 0. The van der Waals surface area contributed by atoms with E-state index in [0.717, 1.165) is 43.4 Å². The zero-order valence-corrected chi connectivity index (χ0v) is 14.4. The Morgan fingerprint density at radius 1 is 1.24 bits per heavy atom. The van der Waals surface area contributed by atoms with E-state index in [1.54, 1.807) is 6.92 Å². The monoisotopic (exact) mass is 331 g/mol. The van der Waals surface area contributed by atoms with Crippen LogP contribution in [0.2, 0.25) is 0 Å². The van der Waals surface area contributed by atoms with Crippen LogP contribution < -0.4 is 15.9 Å². The number of para-hydroxylation sites is 1. The molecule has 4 heteroatoms. The van der Waals surface area contributed by atoms with Gasteiger partial charge in [-0.1, -0.05) is 30.4 Å². The summed E-state index contributed by atoms with van der Waals surface area (Å²) >= 11 is 0. The molecule has 1 saturated heterocycles. The molecular formula is C21H21N3O. The van der Waals surface area contributed by atoms with Crippen LogP contribution in [0.4, 0.5) is 0 Å². The Labute approximate surface area is 146 Å². The Morgan fingerprint density at radius 2 is 2.04 bits per heavy atom. The summed E-state index contributed by atoms with van der Waals surface area (Å²) in [5, 5.41) is 6.19. The molecule has 1 aliphatic carbocycles. The second-order valence-electron chi connectivity index (χ2n) is 7.26. The molecule has 0 saturated carbocycles. The molecule has 4 nitrogen and oxygen atoms in total. The predicted octanol–water partition coefficient (Wildman–Crippen LogP) is 1.55. The molecule has 5 rings (SSSR count). The van der Waals surface area contributed by atoms with Crippen molar-refractivity contribution in [3.8, 4) is 0 Å². The highest BCUT2D eigenvalue weighted by atomic mass is 16.2. The molecule has 1 N–H and O–H groups in total. The van der Waals surface area contributed by atoms with E-state index >= 15 is 0 Å². The summed E-state index contributed by atoms with van der Waals surface area (Å²) in [7, 11) is 0. The standard InChI is InChI=1S/C21H21N3O/c1-14(25)24-12-10-21(11-13-24)19-15-6-2-4-8-17(15)22-20(19)16-7-3-5-9-18(16)23-21/h2-6,8-9,23H,7,10-13H2,1H3. The van der Waals surface area contributed by atoms with Gasteiger partial charge in [0.05, 0.1) is 16.6 Å². The maximum atomic E-state index is 11.8. The highest BCUT2D eigenvalue weighted by Gasteiger charge is 2.45. The Morgan fingerprint density at radius 3 is 2.84 bits per heavy atom. The fourth-order valence-corrected chi connectivity index (χ4v) is 4.59. The first-order valence-electron chi connectivity index (χ1n) is 9.01. The number of hydrogen-bond donors (Lipinski definition) is 1. The lowest BCUT2D eigenvalue weighted by Gasteiger charge is -2.47. The predicted molar refractivity (Wildman–Crippen MR) is 96.9 cm³/mol. The number of nitrogens with one attached hydrogen (secondary N) is 1. The van der Waals surface area contributed by atoms with E-state index < -0.39 is 0 Å². The normalized spacial score (nSPS) is 22.7. The van der Waals surface area contributed by atoms with E-state index in [-0.39, 0.29) is 11.4 Å². The molecule has 3 heterocycles. The molecule has 0 radical (unpaired) electrons. The lowest BCUT2D eigenvalue weighted by molar-refractivity contribution is -0.130. The Bertz CT molecular complexity index is 988. The highest BCUT2D eigenvalue weighted by Crippen LogP contribution is 2.44. The second-order valence-corrected chi connectivity index (χ2v) is 7.26. The van der Waals surface area contributed by atoms with E-state index in [9.17, 15) is 4.79 Å². The number of allylic oxidation sites excluding steroid dienone is 4. The van der Waals surface area contributed by atoms with Gasteiger partial charge in [0.1, 0.15) is 0 Å². The summed E-state index contributed by atoms with van der Waals surface area (Å²) in [5.41, 5.74) is 4.88.